The average molecular weight is 265 g/mol. The van der Waals surface area contributed by atoms with Gasteiger partial charge < -0.3 is 14.8 Å². The number of ether oxygens (including phenoxy) is 2. The summed E-state index contributed by atoms with van der Waals surface area (Å²) in [6, 6.07) is 4.63. The Morgan fingerprint density at radius 1 is 1.16 bits per heavy atom. The minimum absolute atomic E-state index is 0.286. The van der Waals surface area contributed by atoms with Crippen molar-refractivity contribution in [2.45, 2.75) is 45.8 Å². The largest absolute Gasteiger partial charge is 0.496 e. The van der Waals surface area contributed by atoms with Crippen molar-refractivity contribution in [3.05, 3.63) is 28.8 Å². The third-order valence-electron chi connectivity index (χ3n) is 3.90. The average Bonchev–Trinajstić information content (AvgIpc) is 2.42. The van der Waals surface area contributed by atoms with Crippen molar-refractivity contribution in [1.82, 2.24) is 5.32 Å². The van der Waals surface area contributed by atoms with Crippen molar-refractivity contribution < 1.29 is 9.47 Å². The maximum Gasteiger partial charge on any atom is 0.126 e. The normalized spacial score (nSPS) is 14.2. The van der Waals surface area contributed by atoms with Gasteiger partial charge in [-0.15, -0.1) is 0 Å². The van der Waals surface area contributed by atoms with Crippen molar-refractivity contribution in [1.29, 1.82) is 0 Å². The SMILES string of the molecule is CNC(CCC(C)OC)c1ccc(C)c(C)c1OC. The summed E-state index contributed by atoms with van der Waals surface area (Å²) in [6.07, 6.45) is 2.34. The van der Waals surface area contributed by atoms with Gasteiger partial charge >= 0.3 is 0 Å². The quantitative estimate of drug-likeness (QED) is 0.819. The molecule has 0 radical (unpaired) electrons. The minimum atomic E-state index is 0.286. The first-order chi connectivity index (χ1) is 9.04. The summed E-state index contributed by atoms with van der Waals surface area (Å²) in [4.78, 5) is 0. The first-order valence-electron chi connectivity index (χ1n) is 6.89. The zero-order valence-electron chi connectivity index (χ0n) is 13.0. The molecule has 0 aromatic heterocycles. The Morgan fingerprint density at radius 3 is 2.37 bits per heavy atom. The smallest absolute Gasteiger partial charge is 0.126 e. The van der Waals surface area contributed by atoms with Crippen LogP contribution in [0.1, 0.15) is 42.5 Å². The summed E-state index contributed by atoms with van der Waals surface area (Å²) in [5.41, 5.74) is 3.72. The molecule has 1 rings (SSSR count). The molecule has 1 aromatic rings. The van der Waals surface area contributed by atoms with E-state index in [4.69, 9.17) is 9.47 Å². The number of nitrogens with one attached hydrogen (secondary N) is 1. The van der Waals surface area contributed by atoms with E-state index >= 15 is 0 Å². The summed E-state index contributed by atoms with van der Waals surface area (Å²) < 4.78 is 10.9. The van der Waals surface area contributed by atoms with Crippen molar-refractivity contribution >= 4 is 0 Å². The second-order valence-electron chi connectivity index (χ2n) is 5.09. The van der Waals surface area contributed by atoms with E-state index in [1.165, 1.54) is 16.7 Å². The first-order valence-corrected chi connectivity index (χ1v) is 6.89. The Morgan fingerprint density at radius 2 is 1.84 bits per heavy atom. The highest BCUT2D eigenvalue weighted by atomic mass is 16.5. The highest BCUT2D eigenvalue weighted by Gasteiger charge is 2.17. The van der Waals surface area contributed by atoms with Gasteiger partial charge in [0.25, 0.3) is 0 Å². The minimum Gasteiger partial charge on any atom is -0.496 e. The van der Waals surface area contributed by atoms with E-state index in [0.717, 1.165) is 18.6 Å². The molecule has 2 unspecified atom stereocenters. The van der Waals surface area contributed by atoms with Crippen LogP contribution < -0.4 is 10.1 Å². The number of methoxy groups -OCH3 is 2. The van der Waals surface area contributed by atoms with Crippen LogP contribution >= 0.6 is 0 Å². The Hall–Kier alpha value is -1.06. The van der Waals surface area contributed by atoms with Crippen LogP contribution in [0.4, 0.5) is 0 Å². The van der Waals surface area contributed by atoms with Gasteiger partial charge in [-0.05, 0) is 51.8 Å². The predicted octanol–water partition coefficient (Wildman–Crippen LogP) is 3.39. The third-order valence-corrected chi connectivity index (χ3v) is 3.90. The summed E-state index contributed by atoms with van der Waals surface area (Å²) in [6.45, 7) is 6.33. The fraction of sp³-hybridized carbons (Fsp3) is 0.625. The molecule has 0 saturated heterocycles. The molecule has 1 N–H and O–H groups in total. The number of hydrogen-bond donors (Lipinski definition) is 1. The van der Waals surface area contributed by atoms with Crippen LogP contribution in [0, 0.1) is 13.8 Å². The lowest BCUT2D eigenvalue weighted by atomic mass is 9.95. The van der Waals surface area contributed by atoms with Gasteiger partial charge in [0.2, 0.25) is 0 Å². The molecule has 108 valence electrons. The molecule has 19 heavy (non-hydrogen) atoms. The molecule has 2 atom stereocenters. The van der Waals surface area contributed by atoms with E-state index in [1.807, 2.05) is 7.05 Å². The molecule has 0 amide bonds. The van der Waals surface area contributed by atoms with E-state index < -0.39 is 0 Å². The van der Waals surface area contributed by atoms with Gasteiger partial charge in [-0.1, -0.05) is 12.1 Å². The van der Waals surface area contributed by atoms with Gasteiger partial charge in [-0.3, -0.25) is 0 Å². The van der Waals surface area contributed by atoms with Gasteiger partial charge in [0.1, 0.15) is 5.75 Å². The van der Waals surface area contributed by atoms with E-state index in [0.29, 0.717) is 6.04 Å². The Kier molecular flexibility index (Phi) is 6.32. The second-order valence-corrected chi connectivity index (χ2v) is 5.09. The summed E-state index contributed by atoms with van der Waals surface area (Å²) >= 11 is 0. The monoisotopic (exact) mass is 265 g/mol. The van der Waals surface area contributed by atoms with Crippen LogP contribution in [0.3, 0.4) is 0 Å². The molecule has 1 aromatic carbocycles. The highest BCUT2D eigenvalue weighted by Crippen LogP contribution is 2.33. The van der Waals surface area contributed by atoms with Crippen LogP contribution in [-0.4, -0.2) is 27.4 Å². The molecule has 0 aliphatic heterocycles. The standard InChI is InChI=1S/C16H27NO2/c1-11-7-9-14(16(19-6)13(11)3)15(17-4)10-8-12(2)18-5/h7,9,12,15,17H,8,10H2,1-6H3. The maximum atomic E-state index is 5.60. The lowest BCUT2D eigenvalue weighted by molar-refractivity contribution is 0.106. The fourth-order valence-corrected chi connectivity index (χ4v) is 2.33. The maximum absolute atomic E-state index is 5.60. The molecule has 0 fully saturated rings. The predicted molar refractivity (Wildman–Crippen MR) is 80.0 cm³/mol. The first kappa shape index (κ1) is 16.0. The molecule has 0 bridgehead atoms. The van der Waals surface area contributed by atoms with Gasteiger partial charge in [0.15, 0.2) is 0 Å². The lowest BCUT2D eigenvalue weighted by Gasteiger charge is -2.22. The molecule has 0 spiro atoms. The van der Waals surface area contributed by atoms with Crippen LogP contribution in [0.25, 0.3) is 0 Å². The molecular formula is C16H27NO2. The Balaban J connectivity index is 2.95. The van der Waals surface area contributed by atoms with E-state index in [2.05, 4.69) is 38.2 Å². The highest BCUT2D eigenvalue weighted by molar-refractivity contribution is 5.46. The number of benzene rings is 1. The van der Waals surface area contributed by atoms with Crippen LogP contribution in [0.2, 0.25) is 0 Å². The van der Waals surface area contributed by atoms with Crippen molar-refractivity contribution in [2.75, 3.05) is 21.3 Å². The zero-order valence-corrected chi connectivity index (χ0v) is 13.0. The Bertz CT molecular complexity index is 404. The molecule has 3 heteroatoms. The number of aryl methyl sites for hydroxylation is 1. The molecule has 0 aliphatic carbocycles. The van der Waals surface area contributed by atoms with E-state index in [-0.39, 0.29) is 6.10 Å². The fourth-order valence-electron chi connectivity index (χ4n) is 2.33. The molecular weight excluding hydrogens is 238 g/mol. The lowest BCUT2D eigenvalue weighted by Crippen LogP contribution is -2.19. The van der Waals surface area contributed by atoms with Crippen molar-refractivity contribution in [2.24, 2.45) is 0 Å². The van der Waals surface area contributed by atoms with E-state index in [9.17, 15) is 0 Å². The van der Waals surface area contributed by atoms with Gasteiger partial charge in [0.05, 0.1) is 13.2 Å². The summed E-state index contributed by atoms with van der Waals surface area (Å²) in [5.74, 6) is 1.00. The van der Waals surface area contributed by atoms with Gasteiger partial charge in [-0.2, -0.15) is 0 Å². The van der Waals surface area contributed by atoms with Crippen LogP contribution in [0.5, 0.6) is 5.75 Å². The number of hydrogen-bond acceptors (Lipinski definition) is 3. The molecule has 0 aliphatic rings. The third kappa shape index (κ3) is 3.95. The molecule has 0 saturated carbocycles. The van der Waals surface area contributed by atoms with Crippen LogP contribution in [-0.2, 0) is 4.74 Å². The number of rotatable bonds is 7. The zero-order chi connectivity index (χ0) is 14.4. The van der Waals surface area contributed by atoms with Crippen LogP contribution in [0.15, 0.2) is 12.1 Å². The summed E-state index contributed by atoms with van der Waals surface area (Å²) in [5, 5.41) is 3.38. The van der Waals surface area contributed by atoms with Crippen molar-refractivity contribution in [3.63, 3.8) is 0 Å². The Labute approximate surface area is 117 Å². The second kappa shape index (κ2) is 7.51. The van der Waals surface area contributed by atoms with Gasteiger partial charge in [-0.25, -0.2) is 0 Å². The molecule has 0 heterocycles. The van der Waals surface area contributed by atoms with Gasteiger partial charge in [0, 0.05) is 18.7 Å². The molecule has 3 nitrogen and oxygen atoms in total. The van der Waals surface area contributed by atoms with E-state index in [1.54, 1.807) is 14.2 Å². The van der Waals surface area contributed by atoms with Crippen molar-refractivity contribution in [3.8, 4) is 5.75 Å². The summed E-state index contributed by atoms with van der Waals surface area (Å²) in [7, 11) is 5.50. The topological polar surface area (TPSA) is 30.5 Å².